The van der Waals surface area contributed by atoms with Crippen molar-refractivity contribution in [3.8, 4) is 11.5 Å². The van der Waals surface area contributed by atoms with E-state index < -0.39 is 0 Å². The first kappa shape index (κ1) is 15.2. The van der Waals surface area contributed by atoms with Crippen molar-refractivity contribution in [1.82, 2.24) is 5.32 Å². The second-order valence-electron chi connectivity index (χ2n) is 4.30. The van der Waals surface area contributed by atoms with E-state index in [9.17, 15) is 0 Å². The fraction of sp³-hybridized carbons (Fsp3) is 0.333. The van der Waals surface area contributed by atoms with E-state index in [4.69, 9.17) is 21.1 Å². The Hall–Kier alpha value is -1.23. The zero-order valence-corrected chi connectivity index (χ0v) is 13.2. The first-order valence-corrected chi connectivity index (χ1v) is 7.66. The predicted molar refractivity (Wildman–Crippen MR) is 84.3 cm³/mol. The molecule has 5 heteroatoms. The van der Waals surface area contributed by atoms with E-state index in [0.29, 0.717) is 23.9 Å². The third-order valence-electron chi connectivity index (χ3n) is 2.86. The van der Waals surface area contributed by atoms with Crippen molar-refractivity contribution < 1.29 is 9.47 Å². The van der Waals surface area contributed by atoms with Crippen LogP contribution in [0.3, 0.4) is 0 Å². The molecule has 0 spiro atoms. The normalized spacial score (nSPS) is 10.6. The molecule has 0 aliphatic carbocycles. The third kappa shape index (κ3) is 3.88. The van der Waals surface area contributed by atoms with E-state index in [1.54, 1.807) is 24.5 Å². The summed E-state index contributed by atoms with van der Waals surface area (Å²) < 4.78 is 11.3. The summed E-state index contributed by atoms with van der Waals surface area (Å²) in [6, 6.07) is 7.85. The number of ether oxygens (including phenoxy) is 2. The van der Waals surface area contributed by atoms with Gasteiger partial charge in [-0.2, -0.15) is 0 Å². The van der Waals surface area contributed by atoms with Crippen molar-refractivity contribution in [3.05, 3.63) is 45.1 Å². The maximum Gasteiger partial charge on any atom is 0.165 e. The molecule has 0 fully saturated rings. The number of halogens is 1. The second kappa shape index (κ2) is 7.53. The SMILES string of the molecule is CNCc1cc(Cl)cc(OC)c1OCCc1cccs1. The third-order valence-corrected chi connectivity index (χ3v) is 4.01. The Kier molecular flexibility index (Phi) is 5.71. The van der Waals surface area contributed by atoms with Gasteiger partial charge < -0.3 is 14.8 Å². The van der Waals surface area contributed by atoms with Gasteiger partial charge in [0.05, 0.1) is 13.7 Å². The summed E-state index contributed by atoms with van der Waals surface area (Å²) in [6.07, 6.45) is 0.891. The van der Waals surface area contributed by atoms with Crippen LogP contribution >= 0.6 is 22.9 Å². The number of rotatable bonds is 7. The van der Waals surface area contributed by atoms with Crippen molar-refractivity contribution in [1.29, 1.82) is 0 Å². The Balaban J connectivity index is 2.11. The Labute approximate surface area is 128 Å². The fourth-order valence-electron chi connectivity index (χ4n) is 1.97. The largest absolute Gasteiger partial charge is 0.493 e. The van der Waals surface area contributed by atoms with Gasteiger partial charge in [-0.3, -0.25) is 0 Å². The monoisotopic (exact) mass is 311 g/mol. The van der Waals surface area contributed by atoms with Crippen LogP contribution in [0.15, 0.2) is 29.6 Å². The molecule has 20 heavy (non-hydrogen) atoms. The van der Waals surface area contributed by atoms with Gasteiger partial charge in [-0.05, 0) is 24.6 Å². The molecule has 1 aromatic heterocycles. The van der Waals surface area contributed by atoms with Gasteiger partial charge in [0.2, 0.25) is 0 Å². The first-order valence-electron chi connectivity index (χ1n) is 6.40. The Bertz CT molecular complexity index is 543. The van der Waals surface area contributed by atoms with Crippen LogP contribution in [0.25, 0.3) is 0 Å². The van der Waals surface area contributed by atoms with E-state index >= 15 is 0 Å². The molecule has 0 bridgehead atoms. The smallest absolute Gasteiger partial charge is 0.165 e. The second-order valence-corrected chi connectivity index (χ2v) is 5.77. The van der Waals surface area contributed by atoms with Crippen LogP contribution in [0.1, 0.15) is 10.4 Å². The molecule has 3 nitrogen and oxygen atoms in total. The van der Waals surface area contributed by atoms with Crippen LogP contribution in [0.5, 0.6) is 11.5 Å². The highest BCUT2D eigenvalue weighted by Gasteiger charge is 2.12. The number of benzene rings is 1. The van der Waals surface area contributed by atoms with Crippen LogP contribution in [0.4, 0.5) is 0 Å². The molecule has 0 radical (unpaired) electrons. The van der Waals surface area contributed by atoms with Crippen molar-refractivity contribution in [2.45, 2.75) is 13.0 Å². The molecule has 0 atom stereocenters. The summed E-state index contributed by atoms with van der Waals surface area (Å²) in [4.78, 5) is 1.31. The van der Waals surface area contributed by atoms with Gasteiger partial charge in [0.25, 0.3) is 0 Å². The summed E-state index contributed by atoms with van der Waals surface area (Å²) in [5.74, 6) is 1.44. The topological polar surface area (TPSA) is 30.5 Å². The van der Waals surface area contributed by atoms with Crippen LogP contribution in [0, 0.1) is 0 Å². The zero-order valence-electron chi connectivity index (χ0n) is 11.6. The summed E-state index contributed by atoms with van der Waals surface area (Å²) in [5, 5.41) is 5.84. The van der Waals surface area contributed by atoms with E-state index in [0.717, 1.165) is 17.7 Å². The van der Waals surface area contributed by atoms with Crippen molar-refractivity contribution in [2.24, 2.45) is 0 Å². The lowest BCUT2D eigenvalue weighted by molar-refractivity contribution is 0.295. The van der Waals surface area contributed by atoms with E-state index in [1.165, 1.54) is 4.88 Å². The predicted octanol–water partition coefficient (Wildman–Crippen LogP) is 3.75. The zero-order chi connectivity index (χ0) is 14.4. The number of hydrogen-bond acceptors (Lipinski definition) is 4. The molecule has 0 aliphatic heterocycles. The van der Waals surface area contributed by atoms with Gasteiger partial charge in [-0.15, -0.1) is 11.3 Å². The van der Waals surface area contributed by atoms with Crippen LogP contribution < -0.4 is 14.8 Å². The molecule has 0 aliphatic rings. The summed E-state index contributed by atoms with van der Waals surface area (Å²) in [5.41, 5.74) is 1.00. The van der Waals surface area contributed by atoms with Gasteiger partial charge in [0, 0.05) is 34.5 Å². The average Bonchev–Trinajstić information content (AvgIpc) is 2.94. The number of hydrogen-bond donors (Lipinski definition) is 1. The van der Waals surface area contributed by atoms with Crippen LogP contribution in [-0.4, -0.2) is 20.8 Å². The molecule has 1 aromatic carbocycles. The minimum Gasteiger partial charge on any atom is -0.493 e. The summed E-state index contributed by atoms with van der Waals surface area (Å²) in [7, 11) is 3.52. The van der Waals surface area contributed by atoms with Crippen LogP contribution in [0.2, 0.25) is 5.02 Å². The minimum absolute atomic E-state index is 0.620. The Morgan fingerprint density at radius 2 is 2.20 bits per heavy atom. The van der Waals surface area contributed by atoms with Crippen molar-refractivity contribution in [3.63, 3.8) is 0 Å². The van der Waals surface area contributed by atoms with E-state index in [-0.39, 0.29) is 0 Å². The van der Waals surface area contributed by atoms with Crippen molar-refractivity contribution in [2.75, 3.05) is 20.8 Å². The molecule has 108 valence electrons. The Morgan fingerprint density at radius 3 is 2.85 bits per heavy atom. The molecule has 0 amide bonds. The standard InChI is InChI=1S/C15H18ClNO2S/c1-17-10-11-8-12(16)9-14(18-2)15(11)19-6-5-13-4-3-7-20-13/h3-4,7-9,17H,5-6,10H2,1-2H3. The number of nitrogens with one attached hydrogen (secondary N) is 1. The van der Waals surface area contributed by atoms with E-state index in [1.807, 2.05) is 13.1 Å². The highest BCUT2D eigenvalue weighted by atomic mass is 35.5. The highest BCUT2D eigenvalue weighted by Crippen LogP contribution is 2.34. The molecule has 2 aromatic rings. The molecule has 2 rings (SSSR count). The molecule has 0 saturated heterocycles. The van der Waals surface area contributed by atoms with Gasteiger partial charge in [0.15, 0.2) is 11.5 Å². The molecule has 0 saturated carbocycles. The minimum atomic E-state index is 0.620. The molecule has 0 unspecified atom stereocenters. The Morgan fingerprint density at radius 1 is 1.35 bits per heavy atom. The first-order chi connectivity index (χ1) is 9.74. The lowest BCUT2D eigenvalue weighted by Gasteiger charge is -2.15. The number of methoxy groups -OCH3 is 1. The highest BCUT2D eigenvalue weighted by molar-refractivity contribution is 7.09. The van der Waals surface area contributed by atoms with Gasteiger partial charge in [-0.1, -0.05) is 17.7 Å². The van der Waals surface area contributed by atoms with Gasteiger partial charge in [-0.25, -0.2) is 0 Å². The lowest BCUT2D eigenvalue weighted by Crippen LogP contribution is -2.10. The van der Waals surface area contributed by atoms with Crippen LogP contribution in [-0.2, 0) is 13.0 Å². The molecule has 1 heterocycles. The van der Waals surface area contributed by atoms with Gasteiger partial charge in [0.1, 0.15) is 0 Å². The quantitative estimate of drug-likeness (QED) is 0.844. The van der Waals surface area contributed by atoms with Crippen molar-refractivity contribution >= 4 is 22.9 Å². The molecular formula is C15H18ClNO2S. The summed E-state index contributed by atoms with van der Waals surface area (Å²) in [6.45, 7) is 1.31. The summed E-state index contributed by atoms with van der Waals surface area (Å²) >= 11 is 7.83. The van der Waals surface area contributed by atoms with E-state index in [2.05, 4.69) is 22.8 Å². The average molecular weight is 312 g/mol. The molecular weight excluding hydrogens is 294 g/mol. The number of thiophene rings is 1. The van der Waals surface area contributed by atoms with Gasteiger partial charge >= 0.3 is 0 Å². The fourth-order valence-corrected chi connectivity index (χ4v) is 2.89. The molecule has 1 N–H and O–H groups in total. The maximum atomic E-state index is 6.09. The lowest BCUT2D eigenvalue weighted by atomic mass is 10.2. The maximum absolute atomic E-state index is 6.09.